The molecule has 0 aliphatic rings. The standard InChI is InChI=1S/C26H27N3O2/c1-3-19(2)31-25-14-9-13-23-22(25)16-24(29(23)18-20-10-5-4-6-11-20)26(30)28-17-21-12-7-8-15-27-21/h4-16,19H,3,17-18H2,1-2H3,(H,28,30)/t19-/m1/s1. The summed E-state index contributed by atoms with van der Waals surface area (Å²) in [5.41, 5.74) is 3.54. The smallest absolute Gasteiger partial charge is 0.268 e. The van der Waals surface area contributed by atoms with Crippen LogP contribution in [0.1, 0.15) is 42.0 Å². The number of hydrogen-bond donors (Lipinski definition) is 1. The van der Waals surface area contributed by atoms with Crippen molar-refractivity contribution in [2.45, 2.75) is 39.5 Å². The second-order valence-corrected chi connectivity index (χ2v) is 7.63. The lowest BCUT2D eigenvalue weighted by Gasteiger charge is -2.14. The molecule has 0 fully saturated rings. The number of ether oxygens (including phenoxy) is 1. The molecule has 0 bridgehead atoms. The van der Waals surface area contributed by atoms with E-state index in [0.717, 1.165) is 34.3 Å². The number of carbonyl (C=O) groups is 1. The Balaban J connectivity index is 1.71. The van der Waals surface area contributed by atoms with Crippen LogP contribution < -0.4 is 10.1 Å². The van der Waals surface area contributed by atoms with Crippen molar-refractivity contribution in [3.63, 3.8) is 0 Å². The Bertz CT molecular complexity index is 1150. The van der Waals surface area contributed by atoms with E-state index in [0.29, 0.717) is 18.8 Å². The maximum Gasteiger partial charge on any atom is 0.268 e. The second kappa shape index (κ2) is 9.47. The molecule has 0 unspecified atom stereocenters. The number of carbonyl (C=O) groups excluding carboxylic acids is 1. The van der Waals surface area contributed by atoms with Crippen molar-refractivity contribution in [2.24, 2.45) is 0 Å². The van der Waals surface area contributed by atoms with E-state index in [1.54, 1.807) is 6.20 Å². The fourth-order valence-electron chi connectivity index (χ4n) is 3.55. The summed E-state index contributed by atoms with van der Waals surface area (Å²) in [6.07, 6.45) is 2.75. The van der Waals surface area contributed by atoms with Crippen LogP contribution in [-0.2, 0) is 13.1 Å². The van der Waals surface area contributed by atoms with Gasteiger partial charge in [-0.2, -0.15) is 0 Å². The number of nitrogens with zero attached hydrogens (tertiary/aromatic N) is 2. The van der Waals surface area contributed by atoms with Crippen molar-refractivity contribution in [3.05, 3.63) is 95.9 Å². The first-order valence-electron chi connectivity index (χ1n) is 10.7. The fourth-order valence-corrected chi connectivity index (χ4v) is 3.55. The molecule has 2 heterocycles. The highest BCUT2D eigenvalue weighted by Gasteiger charge is 2.19. The maximum absolute atomic E-state index is 13.2. The van der Waals surface area contributed by atoms with Gasteiger partial charge in [0.1, 0.15) is 11.4 Å². The van der Waals surface area contributed by atoms with Crippen LogP contribution in [0.15, 0.2) is 79.0 Å². The van der Waals surface area contributed by atoms with E-state index in [1.165, 1.54) is 0 Å². The second-order valence-electron chi connectivity index (χ2n) is 7.63. The van der Waals surface area contributed by atoms with Gasteiger partial charge in [-0.25, -0.2) is 0 Å². The van der Waals surface area contributed by atoms with E-state index in [4.69, 9.17) is 4.74 Å². The third kappa shape index (κ3) is 4.77. The zero-order valence-corrected chi connectivity index (χ0v) is 17.9. The molecule has 2 aromatic heterocycles. The number of pyridine rings is 1. The van der Waals surface area contributed by atoms with Gasteiger partial charge in [0.15, 0.2) is 0 Å². The largest absolute Gasteiger partial charge is 0.490 e. The van der Waals surface area contributed by atoms with Gasteiger partial charge in [-0.15, -0.1) is 0 Å². The number of hydrogen-bond acceptors (Lipinski definition) is 3. The Morgan fingerprint density at radius 1 is 1.06 bits per heavy atom. The number of nitrogens with one attached hydrogen (secondary N) is 1. The van der Waals surface area contributed by atoms with E-state index < -0.39 is 0 Å². The van der Waals surface area contributed by atoms with Gasteiger partial charge in [0.05, 0.1) is 23.9 Å². The molecule has 0 aliphatic heterocycles. The number of fused-ring (bicyclic) bond motifs is 1. The predicted molar refractivity (Wildman–Crippen MR) is 123 cm³/mol. The van der Waals surface area contributed by atoms with Crippen LogP contribution in [0, 0.1) is 0 Å². The number of aromatic nitrogens is 2. The van der Waals surface area contributed by atoms with Crippen LogP contribution in [0.5, 0.6) is 5.75 Å². The Kier molecular flexibility index (Phi) is 6.32. The summed E-state index contributed by atoms with van der Waals surface area (Å²) in [6.45, 7) is 5.13. The van der Waals surface area contributed by atoms with Gasteiger partial charge >= 0.3 is 0 Å². The van der Waals surface area contributed by atoms with E-state index in [-0.39, 0.29) is 12.0 Å². The first-order chi connectivity index (χ1) is 15.2. The van der Waals surface area contributed by atoms with Crippen LogP contribution in [-0.4, -0.2) is 21.6 Å². The molecule has 2 aromatic carbocycles. The lowest BCUT2D eigenvalue weighted by atomic mass is 10.2. The number of rotatable bonds is 8. The van der Waals surface area contributed by atoms with E-state index in [1.807, 2.05) is 60.7 Å². The molecule has 31 heavy (non-hydrogen) atoms. The Morgan fingerprint density at radius 2 is 1.87 bits per heavy atom. The molecule has 5 nitrogen and oxygen atoms in total. The lowest BCUT2D eigenvalue weighted by molar-refractivity contribution is 0.0942. The average Bonchev–Trinajstić information content (AvgIpc) is 3.18. The van der Waals surface area contributed by atoms with E-state index in [2.05, 4.69) is 40.8 Å². The van der Waals surface area contributed by atoms with E-state index in [9.17, 15) is 4.79 Å². The van der Waals surface area contributed by atoms with Gasteiger partial charge in [-0.05, 0) is 49.2 Å². The molecule has 158 valence electrons. The summed E-state index contributed by atoms with van der Waals surface area (Å²) in [5.74, 6) is 0.671. The summed E-state index contributed by atoms with van der Waals surface area (Å²) in [5, 5.41) is 3.96. The molecule has 4 aromatic rings. The zero-order valence-electron chi connectivity index (χ0n) is 17.9. The molecule has 0 aliphatic carbocycles. The molecule has 0 saturated carbocycles. The SMILES string of the molecule is CC[C@@H](C)Oc1cccc2c1cc(C(=O)NCc1ccccn1)n2Cc1ccccc1. The minimum absolute atomic E-state index is 0.101. The number of amides is 1. The molecule has 1 atom stereocenters. The lowest BCUT2D eigenvalue weighted by Crippen LogP contribution is -2.26. The summed E-state index contributed by atoms with van der Waals surface area (Å²) in [7, 11) is 0. The average molecular weight is 414 g/mol. The van der Waals surface area contributed by atoms with Crippen molar-refractivity contribution < 1.29 is 9.53 Å². The number of benzene rings is 2. The predicted octanol–water partition coefficient (Wildman–Crippen LogP) is 5.19. The summed E-state index contributed by atoms with van der Waals surface area (Å²) in [6, 6.07) is 23.8. The van der Waals surface area contributed by atoms with Gasteiger partial charge in [-0.1, -0.05) is 49.4 Å². The fraction of sp³-hybridized carbons (Fsp3) is 0.231. The van der Waals surface area contributed by atoms with Crippen molar-refractivity contribution in [1.82, 2.24) is 14.9 Å². The van der Waals surface area contributed by atoms with Crippen LogP contribution in [0.2, 0.25) is 0 Å². The van der Waals surface area contributed by atoms with E-state index >= 15 is 0 Å². The molecule has 0 saturated heterocycles. The monoisotopic (exact) mass is 413 g/mol. The molecule has 5 heteroatoms. The third-order valence-corrected chi connectivity index (χ3v) is 5.38. The highest BCUT2D eigenvalue weighted by Crippen LogP contribution is 2.31. The molecular formula is C26H27N3O2. The third-order valence-electron chi connectivity index (χ3n) is 5.38. The minimum Gasteiger partial charge on any atom is -0.490 e. The highest BCUT2D eigenvalue weighted by molar-refractivity contribution is 6.00. The van der Waals surface area contributed by atoms with Crippen LogP contribution in [0.25, 0.3) is 10.9 Å². The first kappa shape index (κ1) is 20.7. The topological polar surface area (TPSA) is 56.1 Å². The van der Waals surface area contributed by atoms with Crippen molar-refractivity contribution >= 4 is 16.8 Å². The van der Waals surface area contributed by atoms with Gasteiger partial charge in [0.25, 0.3) is 5.91 Å². The first-order valence-corrected chi connectivity index (χ1v) is 10.7. The van der Waals surface area contributed by atoms with Crippen LogP contribution >= 0.6 is 0 Å². The Labute approximate surface area is 182 Å². The Hall–Kier alpha value is -3.60. The summed E-state index contributed by atoms with van der Waals surface area (Å²) in [4.78, 5) is 17.5. The maximum atomic E-state index is 13.2. The zero-order chi connectivity index (χ0) is 21.6. The van der Waals surface area contributed by atoms with Gasteiger partial charge in [-0.3, -0.25) is 9.78 Å². The van der Waals surface area contributed by atoms with Crippen molar-refractivity contribution in [1.29, 1.82) is 0 Å². The van der Waals surface area contributed by atoms with Crippen molar-refractivity contribution in [2.75, 3.05) is 0 Å². The van der Waals surface area contributed by atoms with Crippen LogP contribution in [0.3, 0.4) is 0 Å². The molecule has 0 radical (unpaired) electrons. The summed E-state index contributed by atoms with van der Waals surface area (Å²) < 4.78 is 8.21. The molecular weight excluding hydrogens is 386 g/mol. The highest BCUT2D eigenvalue weighted by atomic mass is 16.5. The quantitative estimate of drug-likeness (QED) is 0.432. The molecule has 1 N–H and O–H groups in total. The molecule has 0 spiro atoms. The van der Waals surface area contributed by atoms with Crippen LogP contribution in [0.4, 0.5) is 0 Å². The Morgan fingerprint density at radius 3 is 2.61 bits per heavy atom. The van der Waals surface area contributed by atoms with Gasteiger partial charge < -0.3 is 14.6 Å². The van der Waals surface area contributed by atoms with Gasteiger partial charge in [0.2, 0.25) is 0 Å². The normalized spacial score (nSPS) is 11.9. The van der Waals surface area contributed by atoms with Gasteiger partial charge in [0, 0.05) is 18.1 Å². The molecule has 4 rings (SSSR count). The van der Waals surface area contributed by atoms with Crippen molar-refractivity contribution in [3.8, 4) is 5.75 Å². The minimum atomic E-state index is -0.132. The molecule has 1 amide bonds. The summed E-state index contributed by atoms with van der Waals surface area (Å²) >= 11 is 0.